The average Bonchev–Trinajstić information content (AvgIpc) is 2.39. The Morgan fingerprint density at radius 2 is 1.85 bits per heavy atom. The maximum atomic E-state index is 10.8. The molecule has 0 aliphatic heterocycles. The number of nitrogens with one attached hydrogen (secondary N) is 2. The van der Waals surface area contributed by atoms with Crippen LogP contribution in [0.5, 0.6) is 0 Å². The SMILES string of the molecule is NC(=O)Nc1cccc(NCc2cc(Cl)ccc2Cl)c1. The standard InChI is InChI=1S/C14H13Cl2N3O/c15-10-4-5-13(16)9(6-10)8-18-11-2-1-3-12(7-11)19-14(17)20/h1-7,18H,8H2,(H3,17,19,20). The normalized spacial score (nSPS) is 10.1. The minimum Gasteiger partial charge on any atom is -0.381 e. The molecule has 20 heavy (non-hydrogen) atoms. The summed E-state index contributed by atoms with van der Waals surface area (Å²) in [6, 6.07) is 11.9. The molecular formula is C14H13Cl2N3O. The summed E-state index contributed by atoms with van der Waals surface area (Å²) >= 11 is 12.0. The van der Waals surface area contributed by atoms with E-state index in [0.29, 0.717) is 22.3 Å². The second-order valence-electron chi connectivity index (χ2n) is 4.16. The zero-order chi connectivity index (χ0) is 14.5. The Balaban J connectivity index is 2.07. The number of primary amides is 1. The van der Waals surface area contributed by atoms with Crippen molar-refractivity contribution in [3.63, 3.8) is 0 Å². The molecule has 2 aromatic carbocycles. The molecule has 0 bridgehead atoms. The highest BCUT2D eigenvalue weighted by Gasteiger charge is 2.02. The van der Waals surface area contributed by atoms with Gasteiger partial charge in [-0.15, -0.1) is 0 Å². The Morgan fingerprint density at radius 3 is 2.60 bits per heavy atom. The van der Waals surface area contributed by atoms with Crippen molar-refractivity contribution >= 4 is 40.6 Å². The molecule has 4 nitrogen and oxygen atoms in total. The highest BCUT2D eigenvalue weighted by Crippen LogP contribution is 2.22. The van der Waals surface area contributed by atoms with Crippen LogP contribution in [0.2, 0.25) is 10.0 Å². The van der Waals surface area contributed by atoms with Gasteiger partial charge in [0.25, 0.3) is 0 Å². The van der Waals surface area contributed by atoms with Gasteiger partial charge in [-0.3, -0.25) is 0 Å². The van der Waals surface area contributed by atoms with Crippen LogP contribution >= 0.6 is 23.2 Å². The van der Waals surface area contributed by atoms with E-state index in [1.165, 1.54) is 0 Å². The van der Waals surface area contributed by atoms with Gasteiger partial charge in [-0.25, -0.2) is 4.79 Å². The Bertz CT molecular complexity index is 632. The van der Waals surface area contributed by atoms with E-state index in [-0.39, 0.29) is 0 Å². The lowest BCUT2D eigenvalue weighted by molar-refractivity contribution is 0.259. The van der Waals surface area contributed by atoms with Gasteiger partial charge in [0.05, 0.1) is 0 Å². The summed E-state index contributed by atoms with van der Waals surface area (Å²) in [6.45, 7) is 0.527. The van der Waals surface area contributed by atoms with Crippen LogP contribution in [0.1, 0.15) is 5.56 Å². The lowest BCUT2D eigenvalue weighted by Gasteiger charge is -2.10. The molecule has 0 unspecified atom stereocenters. The molecule has 0 radical (unpaired) electrons. The fraction of sp³-hybridized carbons (Fsp3) is 0.0714. The monoisotopic (exact) mass is 309 g/mol. The van der Waals surface area contributed by atoms with Crippen molar-refractivity contribution in [1.82, 2.24) is 0 Å². The van der Waals surface area contributed by atoms with E-state index in [0.717, 1.165) is 11.3 Å². The topological polar surface area (TPSA) is 67.2 Å². The van der Waals surface area contributed by atoms with Gasteiger partial charge in [0.2, 0.25) is 0 Å². The van der Waals surface area contributed by atoms with Crippen molar-refractivity contribution in [3.8, 4) is 0 Å². The number of benzene rings is 2. The Labute approximate surface area is 126 Å². The largest absolute Gasteiger partial charge is 0.381 e. The van der Waals surface area contributed by atoms with Crippen LogP contribution in [0.15, 0.2) is 42.5 Å². The summed E-state index contributed by atoms with van der Waals surface area (Å²) < 4.78 is 0. The van der Waals surface area contributed by atoms with Gasteiger partial charge >= 0.3 is 6.03 Å². The molecule has 0 heterocycles. The van der Waals surface area contributed by atoms with Gasteiger partial charge in [0.1, 0.15) is 0 Å². The number of rotatable bonds is 4. The lowest BCUT2D eigenvalue weighted by atomic mass is 10.2. The third-order valence-corrected chi connectivity index (χ3v) is 3.22. The number of nitrogens with two attached hydrogens (primary N) is 1. The van der Waals surface area contributed by atoms with Gasteiger partial charge in [0, 0.05) is 28.0 Å². The fourth-order valence-corrected chi connectivity index (χ4v) is 2.10. The molecule has 0 aliphatic rings. The van der Waals surface area contributed by atoms with Crippen LogP contribution in [0, 0.1) is 0 Å². The minimum absolute atomic E-state index is 0.527. The van der Waals surface area contributed by atoms with Gasteiger partial charge in [-0.2, -0.15) is 0 Å². The predicted octanol–water partition coefficient (Wildman–Crippen LogP) is 4.10. The molecule has 0 aliphatic carbocycles. The average molecular weight is 310 g/mol. The molecule has 0 saturated heterocycles. The first-order chi connectivity index (χ1) is 9.54. The minimum atomic E-state index is -0.597. The molecule has 0 atom stereocenters. The van der Waals surface area contributed by atoms with Crippen molar-refractivity contribution in [2.24, 2.45) is 5.73 Å². The van der Waals surface area contributed by atoms with E-state index in [9.17, 15) is 4.79 Å². The molecule has 2 aromatic rings. The molecule has 0 fully saturated rings. The molecule has 0 saturated carbocycles. The lowest BCUT2D eigenvalue weighted by Crippen LogP contribution is -2.19. The third kappa shape index (κ3) is 4.05. The number of urea groups is 1. The summed E-state index contributed by atoms with van der Waals surface area (Å²) in [5.41, 5.74) is 7.43. The number of amides is 2. The van der Waals surface area contributed by atoms with Gasteiger partial charge in [-0.05, 0) is 42.0 Å². The third-order valence-electron chi connectivity index (χ3n) is 2.62. The first-order valence-corrected chi connectivity index (χ1v) is 6.64. The number of carbonyl (C=O) groups is 1. The number of hydrogen-bond donors (Lipinski definition) is 3. The highest BCUT2D eigenvalue weighted by atomic mass is 35.5. The van der Waals surface area contributed by atoms with Crippen molar-refractivity contribution in [3.05, 3.63) is 58.1 Å². The van der Waals surface area contributed by atoms with Crippen LogP contribution in [-0.2, 0) is 6.54 Å². The molecule has 2 rings (SSSR count). The Morgan fingerprint density at radius 1 is 1.10 bits per heavy atom. The van der Waals surface area contributed by atoms with Crippen LogP contribution in [0.3, 0.4) is 0 Å². The summed E-state index contributed by atoms with van der Waals surface area (Å²) in [5, 5.41) is 7.00. The van der Waals surface area contributed by atoms with E-state index >= 15 is 0 Å². The molecule has 0 aromatic heterocycles. The number of anilines is 2. The van der Waals surface area contributed by atoms with E-state index in [4.69, 9.17) is 28.9 Å². The summed E-state index contributed by atoms with van der Waals surface area (Å²) in [4.78, 5) is 10.8. The van der Waals surface area contributed by atoms with Crippen molar-refractivity contribution < 1.29 is 4.79 Å². The van der Waals surface area contributed by atoms with Crippen molar-refractivity contribution in [1.29, 1.82) is 0 Å². The van der Waals surface area contributed by atoms with Gasteiger partial charge < -0.3 is 16.4 Å². The molecule has 6 heteroatoms. The van der Waals surface area contributed by atoms with E-state index in [1.54, 1.807) is 24.3 Å². The van der Waals surface area contributed by atoms with Crippen molar-refractivity contribution in [2.75, 3.05) is 10.6 Å². The molecule has 0 spiro atoms. The van der Waals surface area contributed by atoms with Crippen LogP contribution in [-0.4, -0.2) is 6.03 Å². The van der Waals surface area contributed by atoms with E-state index < -0.39 is 6.03 Å². The molecule has 4 N–H and O–H groups in total. The van der Waals surface area contributed by atoms with Gasteiger partial charge in [0.15, 0.2) is 0 Å². The first-order valence-electron chi connectivity index (χ1n) is 5.89. The Hall–Kier alpha value is -1.91. The highest BCUT2D eigenvalue weighted by molar-refractivity contribution is 6.33. The number of hydrogen-bond acceptors (Lipinski definition) is 2. The Kier molecular flexibility index (Phi) is 4.71. The maximum Gasteiger partial charge on any atom is 0.316 e. The van der Waals surface area contributed by atoms with E-state index in [1.807, 2.05) is 18.2 Å². The first kappa shape index (κ1) is 14.5. The van der Waals surface area contributed by atoms with Gasteiger partial charge in [-0.1, -0.05) is 29.3 Å². The summed E-state index contributed by atoms with van der Waals surface area (Å²) in [6.07, 6.45) is 0. The maximum absolute atomic E-state index is 10.8. The number of carbonyl (C=O) groups excluding carboxylic acids is 1. The smallest absolute Gasteiger partial charge is 0.316 e. The fourth-order valence-electron chi connectivity index (χ4n) is 1.73. The van der Waals surface area contributed by atoms with Crippen LogP contribution in [0.25, 0.3) is 0 Å². The predicted molar refractivity (Wildman–Crippen MR) is 83.4 cm³/mol. The van der Waals surface area contributed by atoms with Crippen LogP contribution < -0.4 is 16.4 Å². The van der Waals surface area contributed by atoms with Crippen LogP contribution in [0.4, 0.5) is 16.2 Å². The zero-order valence-corrected chi connectivity index (χ0v) is 12.0. The molecule has 104 valence electrons. The second-order valence-corrected chi connectivity index (χ2v) is 5.00. The van der Waals surface area contributed by atoms with E-state index in [2.05, 4.69) is 10.6 Å². The summed E-state index contributed by atoms with van der Waals surface area (Å²) in [5.74, 6) is 0. The second kappa shape index (κ2) is 6.50. The zero-order valence-electron chi connectivity index (χ0n) is 10.5. The van der Waals surface area contributed by atoms with Crippen molar-refractivity contribution in [2.45, 2.75) is 6.54 Å². The summed E-state index contributed by atoms with van der Waals surface area (Å²) in [7, 11) is 0. The quantitative estimate of drug-likeness (QED) is 0.796. The molecular weight excluding hydrogens is 297 g/mol. The molecule has 2 amide bonds. The number of halogens is 2.